The molecular weight excluding hydrogens is 343 g/mol. The van der Waals surface area contributed by atoms with Gasteiger partial charge in [0.15, 0.2) is 0 Å². The summed E-state index contributed by atoms with van der Waals surface area (Å²) < 4.78 is 45.6. The van der Waals surface area contributed by atoms with Crippen LogP contribution in [-0.4, -0.2) is 42.2 Å². The van der Waals surface area contributed by atoms with Crippen LogP contribution in [0.1, 0.15) is 12.5 Å². The topological polar surface area (TPSA) is 76.4 Å². The van der Waals surface area contributed by atoms with Crippen LogP contribution in [-0.2, 0) is 17.6 Å². The highest BCUT2D eigenvalue weighted by Crippen LogP contribution is 2.31. The first kappa shape index (κ1) is 20.7. The summed E-state index contributed by atoms with van der Waals surface area (Å²) in [7, 11) is -1.33. The molecule has 1 aromatic heterocycles. The molecule has 0 saturated carbocycles. The highest BCUT2D eigenvalue weighted by Gasteiger charge is 2.38. The Hall–Kier alpha value is -1.39. The quantitative estimate of drug-likeness (QED) is 0.545. The van der Waals surface area contributed by atoms with E-state index < -0.39 is 37.1 Å². The van der Waals surface area contributed by atoms with Crippen molar-refractivity contribution in [3.63, 3.8) is 0 Å². The smallest absolute Gasteiger partial charge is 0.394 e. The number of alkyl halides is 3. The number of ether oxygens (including phenoxy) is 1. The van der Waals surface area contributed by atoms with E-state index in [4.69, 9.17) is 9.84 Å². The SMILES string of the molecule is C[C@@H](CO)Nc1cnn(COCC[Si](C)(C)C)c(=O)c1C(F)(F)F. The van der Waals surface area contributed by atoms with Gasteiger partial charge in [0.05, 0.1) is 18.5 Å². The third kappa shape index (κ3) is 6.25. The van der Waals surface area contributed by atoms with Crippen LogP contribution in [0.5, 0.6) is 0 Å². The Balaban J connectivity index is 2.99. The second-order valence-corrected chi connectivity index (χ2v) is 12.4. The molecule has 0 aliphatic rings. The number of aromatic nitrogens is 2. The second kappa shape index (κ2) is 8.12. The number of aliphatic hydroxyl groups excluding tert-OH is 1. The molecular formula is C14H24F3N3O3Si. The predicted octanol–water partition coefficient (Wildman–Crippen LogP) is 2.37. The van der Waals surface area contributed by atoms with Crippen molar-refractivity contribution in [2.24, 2.45) is 0 Å². The maximum absolute atomic E-state index is 13.2. The van der Waals surface area contributed by atoms with Crippen LogP contribution in [0.15, 0.2) is 11.0 Å². The van der Waals surface area contributed by atoms with E-state index in [1.54, 1.807) is 0 Å². The summed E-state index contributed by atoms with van der Waals surface area (Å²) in [5.74, 6) is 0. The molecule has 6 nitrogen and oxygen atoms in total. The third-order valence-corrected chi connectivity index (χ3v) is 4.92. The van der Waals surface area contributed by atoms with Crippen molar-refractivity contribution in [1.29, 1.82) is 0 Å². The fourth-order valence-electron chi connectivity index (χ4n) is 1.80. The fraction of sp³-hybridized carbons (Fsp3) is 0.714. The number of anilines is 1. The van der Waals surface area contributed by atoms with Crippen molar-refractivity contribution in [3.8, 4) is 0 Å². The van der Waals surface area contributed by atoms with Gasteiger partial charge in [-0.3, -0.25) is 4.79 Å². The van der Waals surface area contributed by atoms with Crippen molar-refractivity contribution in [2.75, 3.05) is 18.5 Å². The van der Waals surface area contributed by atoms with Crippen LogP contribution in [0, 0.1) is 0 Å². The molecule has 24 heavy (non-hydrogen) atoms. The largest absolute Gasteiger partial charge is 0.423 e. The van der Waals surface area contributed by atoms with Gasteiger partial charge in [0.25, 0.3) is 5.56 Å². The van der Waals surface area contributed by atoms with Crippen molar-refractivity contribution in [2.45, 2.75) is 51.6 Å². The van der Waals surface area contributed by atoms with Gasteiger partial charge in [-0.25, -0.2) is 4.68 Å². The van der Waals surface area contributed by atoms with Gasteiger partial charge in [0.2, 0.25) is 0 Å². The van der Waals surface area contributed by atoms with E-state index in [2.05, 4.69) is 30.1 Å². The molecule has 0 fully saturated rings. The van der Waals surface area contributed by atoms with Gasteiger partial charge >= 0.3 is 6.18 Å². The third-order valence-electron chi connectivity index (χ3n) is 3.21. The molecule has 0 aliphatic heterocycles. The summed E-state index contributed by atoms with van der Waals surface area (Å²) >= 11 is 0. The number of nitrogens with zero attached hydrogens (tertiary/aromatic N) is 2. The zero-order valence-corrected chi connectivity index (χ0v) is 15.3. The van der Waals surface area contributed by atoms with Gasteiger partial charge in [0, 0.05) is 20.7 Å². The summed E-state index contributed by atoms with van der Waals surface area (Å²) in [6.45, 7) is 7.59. The summed E-state index contributed by atoms with van der Waals surface area (Å²) in [4.78, 5) is 12.1. The summed E-state index contributed by atoms with van der Waals surface area (Å²) in [6, 6.07) is 0.192. The fourth-order valence-corrected chi connectivity index (χ4v) is 2.56. The highest BCUT2D eigenvalue weighted by atomic mass is 28.3. The zero-order chi connectivity index (χ0) is 18.5. The van der Waals surface area contributed by atoms with Gasteiger partial charge in [-0.15, -0.1) is 0 Å². The van der Waals surface area contributed by atoms with Crippen LogP contribution in [0.2, 0.25) is 25.7 Å². The summed E-state index contributed by atoms with van der Waals surface area (Å²) in [5.41, 5.74) is -3.07. The molecule has 0 bridgehead atoms. The lowest BCUT2D eigenvalue weighted by Gasteiger charge is -2.19. The second-order valence-electron chi connectivity index (χ2n) is 6.81. The van der Waals surface area contributed by atoms with E-state index in [1.807, 2.05) is 0 Å². The van der Waals surface area contributed by atoms with E-state index in [-0.39, 0.29) is 13.3 Å². The number of hydrogen-bond donors (Lipinski definition) is 2. The van der Waals surface area contributed by atoms with Crippen molar-refractivity contribution in [1.82, 2.24) is 9.78 Å². The minimum atomic E-state index is -4.84. The number of rotatable bonds is 8. The molecule has 0 aliphatic carbocycles. The maximum Gasteiger partial charge on any atom is 0.423 e. The van der Waals surface area contributed by atoms with Gasteiger partial charge in [-0.1, -0.05) is 19.6 Å². The molecule has 0 unspecified atom stereocenters. The Morgan fingerprint density at radius 3 is 2.54 bits per heavy atom. The Morgan fingerprint density at radius 2 is 2.04 bits per heavy atom. The summed E-state index contributed by atoms with van der Waals surface area (Å²) in [5, 5.41) is 15.1. The van der Waals surface area contributed by atoms with E-state index in [1.165, 1.54) is 6.92 Å². The van der Waals surface area contributed by atoms with Crippen LogP contribution in [0.25, 0.3) is 0 Å². The first-order valence-corrected chi connectivity index (χ1v) is 11.3. The van der Waals surface area contributed by atoms with Gasteiger partial charge in [-0.2, -0.15) is 18.3 Å². The standard InChI is InChI=1S/C14H24F3N3O3Si/c1-10(8-21)19-11-7-18-20(9-23-5-6-24(2,3)4)13(22)12(11)14(15,16)17/h7,10,19,21H,5-6,8-9H2,1-4H3/t10-/m0/s1. The Kier molecular flexibility index (Phi) is 6.99. The average molecular weight is 367 g/mol. The van der Waals surface area contributed by atoms with Crippen LogP contribution < -0.4 is 10.9 Å². The molecule has 1 atom stereocenters. The molecule has 0 spiro atoms. The summed E-state index contributed by atoms with van der Waals surface area (Å²) in [6.07, 6.45) is -3.91. The molecule has 1 rings (SSSR count). The van der Waals surface area contributed by atoms with E-state index in [0.717, 1.165) is 12.2 Å². The van der Waals surface area contributed by atoms with E-state index in [0.29, 0.717) is 11.3 Å². The maximum atomic E-state index is 13.2. The number of aliphatic hydroxyl groups is 1. The normalized spacial score (nSPS) is 13.8. The van der Waals surface area contributed by atoms with E-state index >= 15 is 0 Å². The predicted molar refractivity (Wildman–Crippen MR) is 87.8 cm³/mol. The average Bonchev–Trinajstić information content (AvgIpc) is 2.42. The van der Waals surface area contributed by atoms with Crippen molar-refractivity contribution < 1.29 is 23.0 Å². The van der Waals surface area contributed by atoms with E-state index in [9.17, 15) is 18.0 Å². The molecule has 0 aromatic carbocycles. The lowest BCUT2D eigenvalue weighted by Crippen LogP contribution is -2.34. The van der Waals surface area contributed by atoms with Gasteiger partial charge < -0.3 is 15.2 Å². The van der Waals surface area contributed by atoms with Crippen LogP contribution in [0.4, 0.5) is 18.9 Å². The Morgan fingerprint density at radius 1 is 1.42 bits per heavy atom. The van der Waals surface area contributed by atoms with Crippen molar-refractivity contribution in [3.05, 3.63) is 22.1 Å². The zero-order valence-electron chi connectivity index (χ0n) is 14.3. The molecule has 0 amide bonds. The van der Waals surface area contributed by atoms with Gasteiger partial charge in [0.1, 0.15) is 12.3 Å². The van der Waals surface area contributed by atoms with Crippen LogP contribution >= 0.6 is 0 Å². The molecule has 0 radical (unpaired) electrons. The lowest BCUT2D eigenvalue weighted by atomic mass is 10.2. The number of nitrogens with one attached hydrogen (secondary N) is 1. The monoisotopic (exact) mass is 367 g/mol. The molecule has 138 valence electrons. The minimum absolute atomic E-state index is 0.331. The van der Waals surface area contributed by atoms with Crippen molar-refractivity contribution >= 4 is 13.8 Å². The molecule has 10 heteroatoms. The number of halogens is 3. The van der Waals surface area contributed by atoms with Crippen LogP contribution in [0.3, 0.4) is 0 Å². The molecule has 0 saturated heterocycles. The lowest BCUT2D eigenvalue weighted by molar-refractivity contribution is -0.138. The Labute approximate surface area is 139 Å². The molecule has 1 heterocycles. The van der Waals surface area contributed by atoms with Gasteiger partial charge in [-0.05, 0) is 13.0 Å². The number of hydrogen-bond acceptors (Lipinski definition) is 5. The first-order valence-electron chi connectivity index (χ1n) is 7.58. The molecule has 1 aromatic rings. The Bertz CT molecular complexity index is 600. The highest BCUT2D eigenvalue weighted by molar-refractivity contribution is 6.76. The first-order chi connectivity index (χ1) is 11.0. The minimum Gasteiger partial charge on any atom is -0.394 e. The molecule has 2 N–H and O–H groups in total.